The molecule has 43 heavy (non-hydrogen) atoms. The first-order chi connectivity index (χ1) is 19.7. The fourth-order valence-corrected chi connectivity index (χ4v) is 12.0. The summed E-state index contributed by atoms with van der Waals surface area (Å²) < 4.78 is 29.4. The van der Waals surface area contributed by atoms with Gasteiger partial charge in [-0.05, 0) is 80.3 Å². The number of aliphatic hydroxyl groups is 1. The molecule has 0 unspecified atom stereocenters. The Morgan fingerprint density at radius 1 is 1.02 bits per heavy atom. The van der Waals surface area contributed by atoms with Crippen LogP contribution in [0.3, 0.4) is 0 Å². The summed E-state index contributed by atoms with van der Waals surface area (Å²) in [7, 11) is -3.89. The number of hydrogen-bond donors (Lipinski definition) is 3. The monoisotopic (exact) mass is 608 g/mol. The molecular formula is C33H44N4O5S. The summed E-state index contributed by atoms with van der Waals surface area (Å²) in [5.41, 5.74) is -4.79. The Labute approximate surface area is 254 Å². The van der Waals surface area contributed by atoms with E-state index in [-0.39, 0.29) is 33.5 Å². The molecule has 1 aromatic heterocycles. The molecule has 3 fully saturated rings. The van der Waals surface area contributed by atoms with E-state index >= 15 is 0 Å². The van der Waals surface area contributed by atoms with E-state index < -0.39 is 48.7 Å². The summed E-state index contributed by atoms with van der Waals surface area (Å²) in [5.74, 6) is -1.07. The Hall–Kier alpha value is -2.61. The van der Waals surface area contributed by atoms with Crippen LogP contribution >= 0.6 is 0 Å². The highest BCUT2D eigenvalue weighted by molar-refractivity contribution is 7.89. The van der Waals surface area contributed by atoms with Gasteiger partial charge >= 0.3 is 0 Å². The van der Waals surface area contributed by atoms with Crippen molar-refractivity contribution in [2.75, 3.05) is 0 Å². The molecule has 8 atom stereocenters. The number of carbonyl (C=O) groups excluding carboxylic acids is 2. The first-order valence-corrected chi connectivity index (χ1v) is 16.9. The zero-order valence-electron chi connectivity index (χ0n) is 26.3. The third-order valence-corrected chi connectivity index (χ3v) is 15.0. The molecule has 0 aliphatic heterocycles. The minimum atomic E-state index is -3.89. The molecule has 0 amide bonds. The van der Waals surface area contributed by atoms with E-state index in [0.29, 0.717) is 32.1 Å². The van der Waals surface area contributed by atoms with Crippen molar-refractivity contribution in [1.82, 2.24) is 14.7 Å². The van der Waals surface area contributed by atoms with Crippen molar-refractivity contribution in [3.63, 3.8) is 0 Å². The van der Waals surface area contributed by atoms with Gasteiger partial charge in [-0.2, -0.15) is 5.26 Å². The van der Waals surface area contributed by atoms with Crippen molar-refractivity contribution in [2.24, 2.45) is 38.9 Å². The van der Waals surface area contributed by atoms with Crippen LogP contribution in [0.1, 0.15) is 93.4 Å². The number of aromatic amines is 1. The summed E-state index contributed by atoms with van der Waals surface area (Å²) in [4.78, 5) is 34.4. The molecule has 3 N–H and O–H groups in total. The number of nitrogens with one attached hydrogen (secondary N) is 2. The summed E-state index contributed by atoms with van der Waals surface area (Å²) in [6.07, 6.45) is 10.5. The maximum absolute atomic E-state index is 14.6. The number of allylic oxidation sites excluding steroid dienone is 3. The first-order valence-electron chi connectivity index (χ1n) is 15.4. The van der Waals surface area contributed by atoms with Crippen LogP contribution in [-0.4, -0.2) is 46.2 Å². The quantitative estimate of drug-likeness (QED) is 0.447. The van der Waals surface area contributed by atoms with E-state index in [1.54, 1.807) is 12.2 Å². The molecule has 1 heterocycles. The maximum atomic E-state index is 14.6. The standard InChI is InChI=1S/C33H44N4O5S/c1-27(2)21-8-9-31(6)22(30(21,5)15-20(17-34)26(27)39)14-24(38)33(40)23-16-29(4,37-43(41,42)25-18-35-19-36-25)12-10-28(23,3)11-13-32(31,33)7/h14-15,18-19,21,23,37,40H,8-13,16H2,1-7H3,(H,35,36)/t21-,23+,28+,29-,30-,31+,32-,33+/m0/s1. The van der Waals surface area contributed by atoms with Gasteiger partial charge in [-0.15, -0.1) is 0 Å². The summed E-state index contributed by atoms with van der Waals surface area (Å²) in [6.45, 7) is 14.1. The molecule has 5 aliphatic carbocycles. The lowest BCUT2D eigenvalue weighted by atomic mass is 9.33. The van der Waals surface area contributed by atoms with E-state index in [9.17, 15) is 28.4 Å². The van der Waals surface area contributed by atoms with Crippen molar-refractivity contribution < 1.29 is 23.1 Å². The van der Waals surface area contributed by atoms with Gasteiger partial charge in [0, 0.05) is 27.7 Å². The lowest BCUT2D eigenvalue weighted by Gasteiger charge is -2.71. The van der Waals surface area contributed by atoms with E-state index in [4.69, 9.17) is 0 Å². The zero-order chi connectivity index (χ0) is 31.6. The predicted octanol–water partition coefficient (Wildman–Crippen LogP) is 4.77. The molecule has 0 saturated heterocycles. The largest absolute Gasteiger partial charge is 0.381 e. The van der Waals surface area contributed by atoms with Crippen molar-refractivity contribution in [3.8, 4) is 6.07 Å². The van der Waals surface area contributed by atoms with Crippen LogP contribution in [-0.2, 0) is 19.6 Å². The maximum Gasteiger partial charge on any atom is 0.258 e. The molecule has 10 heteroatoms. The average Bonchev–Trinajstić information content (AvgIpc) is 3.47. The van der Waals surface area contributed by atoms with Gasteiger partial charge in [-0.1, -0.05) is 47.6 Å². The highest BCUT2D eigenvalue weighted by Gasteiger charge is 2.75. The molecule has 0 bridgehead atoms. The second kappa shape index (κ2) is 8.76. The molecule has 9 nitrogen and oxygen atoms in total. The van der Waals surface area contributed by atoms with Crippen LogP contribution in [0.2, 0.25) is 0 Å². The van der Waals surface area contributed by atoms with Crippen molar-refractivity contribution in [2.45, 2.75) is 110 Å². The topological polar surface area (TPSA) is 153 Å². The SMILES string of the molecule is CC1(C)C(=O)C(C#N)=C[C@]2(C)C3=CC(=O)[C@]4(O)[C@@H]5C[C@@](C)(NS(=O)(=O)c6cnc[nH]6)CC[C@]5(C)CC[C@@]4(C)[C@]3(C)CC[C@@H]12. The van der Waals surface area contributed by atoms with E-state index in [0.717, 1.165) is 18.4 Å². The van der Waals surface area contributed by atoms with Crippen molar-refractivity contribution in [1.29, 1.82) is 5.26 Å². The molecule has 0 aromatic carbocycles. The number of nitrogens with zero attached hydrogens (tertiary/aromatic N) is 2. The van der Waals surface area contributed by atoms with Crippen LogP contribution < -0.4 is 4.72 Å². The van der Waals surface area contributed by atoms with Gasteiger partial charge in [0.1, 0.15) is 11.7 Å². The van der Waals surface area contributed by atoms with Gasteiger partial charge in [0.05, 0.1) is 18.1 Å². The lowest BCUT2D eigenvalue weighted by molar-refractivity contribution is -0.239. The molecule has 3 saturated carbocycles. The number of nitriles is 1. The predicted molar refractivity (Wildman–Crippen MR) is 160 cm³/mol. The number of imidazole rings is 1. The third-order valence-electron chi connectivity index (χ3n) is 13.4. The number of rotatable bonds is 3. The highest BCUT2D eigenvalue weighted by Crippen LogP contribution is 2.75. The molecular weight excluding hydrogens is 564 g/mol. The van der Waals surface area contributed by atoms with Crippen LogP contribution in [0.5, 0.6) is 0 Å². The second-order valence-corrected chi connectivity index (χ2v) is 17.6. The number of ketones is 2. The third kappa shape index (κ3) is 3.68. The van der Waals surface area contributed by atoms with E-state index in [2.05, 4.69) is 48.5 Å². The minimum absolute atomic E-state index is 0.0215. The Morgan fingerprint density at radius 2 is 1.70 bits per heavy atom. The Kier molecular flexibility index (Phi) is 6.20. The molecule has 6 rings (SSSR count). The lowest BCUT2D eigenvalue weighted by Crippen LogP contribution is -2.74. The minimum Gasteiger partial charge on any atom is -0.381 e. The fraction of sp³-hybridized carbons (Fsp3) is 0.697. The number of carbonyl (C=O) groups is 2. The van der Waals surface area contributed by atoms with E-state index in [1.807, 2.05) is 20.8 Å². The second-order valence-electron chi connectivity index (χ2n) is 15.9. The molecule has 232 valence electrons. The smallest absolute Gasteiger partial charge is 0.258 e. The number of Topliss-reactive ketones (excluding diaryl/α,β-unsaturated/α-hetero) is 1. The fourth-order valence-electron chi connectivity index (χ4n) is 10.6. The highest BCUT2D eigenvalue weighted by atomic mass is 32.2. The van der Waals surface area contributed by atoms with Crippen molar-refractivity contribution in [3.05, 3.63) is 35.8 Å². The number of hydrogen-bond acceptors (Lipinski definition) is 7. The normalized spacial score (nSPS) is 45.5. The van der Waals surface area contributed by atoms with E-state index in [1.165, 1.54) is 12.5 Å². The summed E-state index contributed by atoms with van der Waals surface area (Å²) >= 11 is 0. The number of fused-ring (bicyclic) bond motifs is 7. The van der Waals surface area contributed by atoms with Gasteiger partial charge < -0.3 is 10.1 Å². The van der Waals surface area contributed by atoms with Crippen LogP contribution in [0.25, 0.3) is 0 Å². The summed E-state index contributed by atoms with van der Waals surface area (Å²) in [6, 6.07) is 2.13. The molecule has 0 radical (unpaired) electrons. The zero-order valence-corrected chi connectivity index (χ0v) is 27.1. The van der Waals surface area contributed by atoms with Gasteiger partial charge in [0.2, 0.25) is 0 Å². The first kappa shape index (κ1) is 30.4. The summed E-state index contributed by atoms with van der Waals surface area (Å²) in [5, 5.41) is 22.9. The van der Waals surface area contributed by atoms with Crippen molar-refractivity contribution >= 4 is 21.6 Å². The number of sulfonamides is 1. The molecule has 0 spiro atoms. The van der Waals surface area contributed by atoms with Gasteiger partial charge in [0.25, 0.3) is 10.0 Å². The van der Waals surface area contributed by atoms with Gasteiger partial charge in [0.15, 0.2) is 16.6 Å². The number of H-pyrrole nitrogens is 1. The Bertz CT molecular complexity index is 1640. The van der Waals surface area contributed by atoms with Gasteiger partial charge in [-0.3, -0.25) is 9.59 Å². The number of aromatic nitrogens is 2. The van der Waals surface area contributed by atoms with Crippen LogP contribution in [0.15, 0.2) is 40.8 Å². The Balaban J connectivity index is 1.47. The van der Waals surface area contributed by atoms with Crippen LogP contribution in [0, 0.1) is 50.2 Å². The average molecular weight is 609 g/mol. The van der Waals surface area contributed by atoms with Gasteiger partial charge in [-0.25, -0.2) is 18.1 Å². The Morgan fingerprint density at radius 3 is 2.33 bits per heavy atom. The molecule has 5 aliphatic rings. The molecule has 1 aromatic rings. The van der Waals surface area contributed by atoms with Crippen LogP contribution in [0.4, 0.5) is 0 Å².